The Morgan fingerprint density at radius 1 is 1.35 bits per heavy atom. The van der Waals surface area contributed by atoms with Crippen molar-refractivity contribution in [2.24, 2.45) is 0 Å². The van der Waals surface area contributed by atoms with E-state index in [4.69, 9.17) is 0 Å². The van der Waals surface area contributed by atoms with Crippen LogP contribution in [-0.2, 0) is 11.2 Å². The Hall–Kier alpha value is -1.15. The summed E-state index contributed by atoms with van der Waals surface area (Å²) >= 11 is 0. The first kappa shape index (κ1) is 12.3. The summed E-state index contributed by atoms with van der Waals surface area (Å²) in [7, 11) is 0. The third-order valence-electron chi connectivity index (χ3n) is 3.43. The lowest BCUT2D eigenvalue weighted by Gasteiger charge is -2.10. The second-order valence-electron chi connectivity index (χ2n) is 5.07. The maximum Gasteiger partial charge on any atom is 0.150 e. The molecule has 0 unspecified atom stereocenters. The van der Waals surface area contributed by atoms with Crippen LogP contribution in [0.15, 0.2) is 24.3 Å². The number of Topliss-reactive ketones (excluding diaryl/α,β-unsaturated/α-hetero) is 1. The van der Waals surface area contributed by atoms with Gasteiger partial charge in [0.2, 0.25) is 0 Å². The van der Waals surface area contributed by atoms with Gasteiger partial charge in [-0.3, -0.25) is 4.79 Å². The highest BCUT2D eigenvalue weighted by atomic mass is 16.1. The number of carbonyl (C=O) groups excluding carboxylic acids is 1. The maximum absolute atomic E-state index is 11.8. The molecule has 2 rings (SSSR count). The van der Waals surface area contributed by atoms with E-state index in [0.29, 0.717) is 24.8 Å². The zero-order valence-electron chi connectivity index (χ0n) is 10.5. The average Bonchev–Trinajstić information content (AvgIpc) is 2.79. The average molecular weight is 231 g/mol. The molecule has 2 nitrogen and oxygen atoms in total. The quantitative estimate of drug-likeness (QED) is 0.844. The Labute approximate surface area is 103 Å². The Morgan fingerprint density at radius 2 is 2.12 bits per heavy atom. The van der Waals surface area contributed by atoms with E-state index in [-0.39, 0.29) is 0 Å². The number of carbonyl (C=O) groups is 1. The van der Waals surface area contributed by atoms with Crippen molar-refractivity contribution >= 4 is 5.78 Å². The van der Waals surface area contributed by atoms with E-state index in [0.717, 1.165) is 5.56 Å². The molecule has 1 fully saturated rings. The first-order valence-electron chi connectivity index (χ1n) is 6.54. The van der Waals surface area contributed by atoms with Crippen molar-refractivity contribution in [3.05, 3.63) is 35.4 Å². The Kier molecular flexibility index (Phi) is 4.32. The Morgan fingerprint density at radius 3 is 2.82 bits per heavy atom. The van der Waals surface area contributed by atoms with E-state index < -0.39 is 0 Å². The highest BCUT2D eigenvalue weighted by Crippen LogP contribution is 2.17. The van der Waals surface area contributed by atoms with Crippen LogP contribution < -0.4 is 5.32 Å². The van der Waals surface area contributed by atoms with Gasteiger partial charge in [-0.25, -0.2) is 0 Å². The highest BCUT2D eigenvalue weighted by molar-refractivity contribution is 5.82. The predicted octanol–water partition coefficient (Wildman–Crippen LogP) is 2.64. The van der Waals surface area contributed by atoms with Crippen LogP contribution >= 0.6 is 0 Å². The number of ketones is 1. The molecule has 1 aromatic rings. The molecule has 0 aliphatic heterocycles. The van der Waals surface area contributed by atoms with Crippen LogP contribution in [0.2, 0.25) is 0 Å². The minimum atomic E-state index is 0.294. The van der Waals surface area contributed by atoms with Crippen molar-refractivity contribution < 1.29 is 4.79 Å². The lowest BCUT2D eigenvalue weighted by Crippen LogP contribution is -2.32. The number of aryl methyl sites for hydroxylation is 1. The van der Waals surface area contributed by atoms with Crippen molar-refractivity contribution in [1.82, 2.24) is 5.32 Å². The first-order valence-corrected chi connectivity index (χ1v) is 6.54. The van der Waals surface area contributed by atoms with Crippen molar-refractivity contribution in [2.75, 3.05) is 6.54 Å². The summed E-state index contributed by atoms with van der Waals surface area (Å²) in [6, 6.07) is 8.78. The maximum atomic E-state index is 11.8. The van der Waals surface area contributed by atoms with Gasteiger partial charge in [0.05, 0.1) is 6.54 Å². The van der Waals surface area contributed by atoms with Crippen LogP contribution in [0.5, 0.6) is 0 Å². The molecule has 0 aromatic heterocycles. The fraction of sp³-hybridized carbons (Fsp3) is 0.533. The molecule has 0 atom stereocenters. The SMILES string of the molecule is Cc1cccc(CC(=O)CNC2CCCC2)c1. The molecule has 92 valence electrons. The molecule has 17 heavy (non-hydrogen) atoms. The highest BCUT2D eigenvalue weighted by Gasteiger charge is 2.15. The lowest BCUT2D eigenvalue weighted by atomic mass is 10.1. The molecule has 1 aliphatic rings. The predicted molar refractivity (Wildman–Crippen MR) is 70.1 cm³/mol. The monoisotopic (exact) mass is 231 g/mol. The van der Waals surface area contributed by atoms with E-state index in [9.17, 15) is 4.79 Å². The third-order valence-corrected chi connectivity index (χ3v) is 3.43. The molecule has 0 spiro atoms. The number of hydrogen-bond acceptors (Lipinski definition) is 2. The Balaban J connectivity index is 1.76. The van der Waals surface area contributed by atoms with Crippen molar-refractivity contribution in [1.29, 1.82) is 0 Å². The van der Waals surface area contributed by atoms with Crippen LogP contribution in [-0.4, -0.2) is 18.4 Å². The van der Waals surface area contributed by atoms with Crippen molar-refractivity contribution in [3.63, 3.8) is 0 Å². The zero-order valence-corrected chi connectivity index (χ0v) is 10.5. The van der Waals surface area contributed by atoms with Gasteiger partial charge in [0, 0.05) is 12.5 Å². The van der Waals surface area contributed by atoms with Gasteiger partial charge in [-0.05, 0) is 25.3 Å². The van der Waals surface area contributed by atoms with Gasteiger partial charge in [0.15, 0.2) is 5.78 Å². The summed E-state index contributed by atoms with van der Waals surface area (Å²) in [5, 5.41) is 3.37. The van der Waals surface area contributed by atoms with Gasteiger partial charge >= 0.3 is 0 Å². The van der Waals surface area contributed by atoms with Gasteiger partial charge in [-0.2, -0.15) is 0 Å². The summed E-state index contributed by atoms with van der Waals surface area (Å²) in [5.74, 6) is 0.294. The number of rotatable bonds is 5. The molecule has 0 amide bonds. The van der Waals surface area contributed by atoms with Gasteiger partial charge < -0.3 is 5.32 Å². The molecule has 0 bridgehead atoms. The molecular formula is C15H21NO. The van der Waals surface area contributed by atoms with Crippen LogP contribution in [0.4, 0.5) is 0 Å². The zero-order chi connectivity index (χ0) is 12.1. The first-order chi connectivity index (χ1) is 8.24. The van der Waals surface area contributed by atoms with E-state index in [1.807, 2.05) is 12.1 Å². The second-order valence-corrected chi connectivity index (χ2v) is 5.07. The van der Waals surface area contributed by atoms with Crippen LogP contribution in [0.1, 0.15) is 36.8 Å². The minimum absolute atomic E-state index is 0.294. The van der Waals surface area contributed by atoms with Gasteiger partial charge in [-0.15, -0.1) is 0 Å². The molecule has 1 N–H and O–H groups in total. The fourth-order valence-electron chi connectivity index (χ4n) is 2.50. The van der Waals surface area contributed by atoms with Crippen LogP contribution in [0.25, 0.3) is 0 Å². The van der Waals surface area contributed by atoms with Gasteiger partial charge in [0.1, 0.15) is 0 Å². The van der Waals surface area contributed by atoms with E-state index >= 15 is 0 Å². The van der Waals surface area contributed by atoms with Gasteiger partial charge in [0.25, 0.3) is 0 Å². The second kappa shape index (κ2) is 5.97. The summed E-state index contributed by atoms with van der Waals surface area (Å²) in [6.45, 7) is 2.59. The molecule has 1 saturated carbocycles. The fourth-order valence-corrected chi connectivity index (χ4v) is 2.50. The molecule has 0 heterocycles. The van der Waals surface area contributed by atoms with Crippen molar-refractivity contribution in [2.45, 2.75) is 45.1 Å². The summed E-state index contributed by atoms with van der Waals surface area (Å²) < 4.78 is 0. The van der Waals surface area contributed by atoms with Crippen LogP contribution in [0.3, 0.4) is 0 Å². The summed E-state index contributed by atoms with van der Waals surface area (Å²) in [4.78, 5) is 11.8. The Bertz CT molecular complexity index is 380. The number of nitrogens with one attached hydrogen (secondary N) is 1. The molecule has 0 saturated heterocycles. The molecule has 2 heteroatoms. The molecule has 0 radical (unpaired) electrons. The molecular weight excluding hydrogens is 210 g/mol. The van der Waals surface area contributed by atoms with E-state index in [2.05, 4.69) is 24.4 Å². The smallest absolute Gasteiger partial charge is 0.150 e. The summed E-state index contributed by atoms with van der Waals surface area (Å²) in [6.07, 6.45) is 5.64. The molecule has 1 aliphatic carbocycles. The van der Waals surface area contributed by atoms with E-state index in [1.54, 1.807) is 0 Å². The molecule has 1 aromatic carbocycles. The van der Waals surface area contributed by atoms with Crippen LogP contribution in [0, 0.1) is 6.92 Å². The largest absolute Gasteiger partial charge is 0.307 e. The topological polar surface area (TPSA) is 29.1 Å². The number of benzene rings is 1. The normalized spacial score (nSPS) is 16.3. The minimum Gasteiger partial charge on any atom is -0.307 e. The standard InChI is InChI=1S/C15H21NO/c1-12-5-4-6-13(9-12)10-15(17)11-16-14-7-2-3-8-14/h4-6,9,14,16H,2-3,7-8,10-11H2,1H3. The van der Waals surface area contributed by atoms with E-state index in [1.165, 1.54) is 31.2 Å². The van der Waals surface area contributed by atoms with Crippen molar-refractivity contribution in [3.8, 4) is 0 Å². The number of hydrogen-bond donors (Lipinski definition) is 1. The summed E-state index contributed by atoms with van der Waals surface area (Å²) in [5.41, 5.74) is 2.35. The lowest BCUT2D eigenvalue weighted by molar-refractivity contribution is -0.117. The van der Waals surface area contributed by atoms with Gasteiger partial charge in [-0.1, -0.05) is 42.7 Å². The third kappa shape index (κ3) is 3.97.